The average Bonchev–Trinajstić information content (AvgIpc) is 2.66. The van der Waals surface area contributed by atoms with Crippen molar-refractivity contribution in [2.75, 3.05) is 6.54 Å². The highest BCUT2D eigenvalue weighted by Gasteiger charge is 2.38. The van der Waals surface area contributed by atoms with Crippen molar-refractivity contribution in [2.45, 2.75) is 63.0 Å². The molecule has 3 aliphatic rings. The van der Waals surface area contributed by atoms with Gasteiger partial charge in [-0.1, -0.05) is 58.8 Å². The maximum Gasteiger partial charge on any atom is 0.410 e. The van der Waals surface area contributed by atoms with Crippen LogP contribution in [0.15, 0.2) is 40.9 Å². The summed E-state index contributed by atoms with van der Waals surface area (Å²) in [6.45, 7) is 0.819. The van der Waals surface area contributed by atoms with Crippen molar-refractivity contribution in [1.82, 2.24) is 4.90 Å². The number of likely N-dealkylation sites (tertiary alicyclic amines) is 1. The molecule has 1 aliphatic heterocycles. The lowest BCUT2D eigenvalue weighted by molar-refractivity contribution is 0.0182. The number of benzene rings is 1. The van der Waals surface area contributed by atoms with E-state index in [9.17, 15) is 4.79 Å². The minimum absolute atomic E-state index is 0.00715. The van der Waals surface area contributed by atoms with Gasteiger partial charge in [0.1, 0.15) is 6.10 Å². The Bertz CT molecular complexity index is 645. The first-order valence-electron chi connectivity index (χ1n) is 9.60. The minimum Gasteiger partial charge on any atom is -0.445 e. The molecule has 0 spiro atoms. The van der Waals surface area contributed by atoms with Crippen LogP contribution in [0, 0.1) is 5.92 Å². The van der Waals surface area contributed by atoms with Crippen molar-refractivity contribution < 1.29 is 9.53 Å². The Hall–Kier alpha value is -1.29. The number of ether oxygens (including phenoxy) is 1. The van der Waals surface area contributed by atoms with Gasteiger partial charge in [-0.3, -0.25) is 0 Å². The lowest BCUT2D eigenvalue weighted by atomic mass is 9.81. The fourth-order valence-electron chi connectivity index (χ4n) is 4.66. The molecule has 4 atom stereocenters. The van der Waals surface area contributed by atoms with E-state index in [2.05, 4.69) is 46.3 Å². The van der Waals surface area contributed by atoms with Gasteiger partial charge in [0.05, 0.1) is 6.04 Å². The first-order valence-corrected chi connectivity index (χ1v) is 10.4. The average molecular weight is 404 g/mol. The third-order valence-electron chi connectivity index (χ3n) is 6.09. The summed E-state index contributed by atoms with van der Waals surface area (Å²) in [7, 11) is 0. The summed E-state index contributed by atoms with van der Waals surface area (Å²) in [6, 6.07) is 10.7. The van der Waals surface area contributed by atoms with Gasteiger partial charge in [0.15, 0.2) is 0 Å². The SMILES string of the molecule is O=C(O[C@@H]1CCCC[C@H]1c1ccccc1)N1CC[C@@H]2CC=C(Br)[C@H]1C2. The number of hydrogen-bond donors (Lipinski definition) is 0. The molecular weight excluding hydrogens is 378 g/mol. The molecule has 2 aliphatic carbocycles. The fraction of sp³-hybridized carbons (Fsp3) is 0.571. The number of hydrogen-bond acceptors (Lipinski definition) is 2. The molecule has 2 bridgehead atoms. The predicted molar refractivity (Wildman–Crippen MR) is 103 cm³/mol. The van der Waals surface area contributed by atoms with Crippen LogP contribution < -0.4 is 0 Å². The van der Waals surface area contributed by atoms with Gasteiger partial charge in [-0.25, -0.2) is 4.79 Å². The molecule has 1 amide bonds. The first kappa shape index (κ1) is 17.1. The van der Waals surface area contributed by atoms with Gasteiger partial charge in [0.2, 0.25) is 0 Å². The number of amides is 1. The quantitative estimate of drug-likeness (QED) is 0.641. The van der Waals surface area contributed by atoms with Gasteiger partial charge < -0.3 is 9.64 Å². The monoisotopic (exact) mass is 403 g/mol. The lowest BCUT2D eigenvalue weighted by Gasteiger charge is -2.42. The van der Waals surface area contributed by atoms with Crippen LogP contribution in [0.25, 0.3) is 0 Å². The molecule has 134 valence electrons. The number of halogens is 1. The van der Waals surface area contributed by atoms with E-state index in [4.69, 9.17) is 4.74 Å². The topological polar surface area (TPSA) is 29.5 Å². The number of carbonyl (C=O) groups excluding carboxylic acids is 1. The van der Waals surface area contributed by atoms with Crippen LogP contribution in [0.5, 0.6) is 0 Å². The van der Waals surface area contributed by atoms with E-state index >= 15 is 0 Å². The number of piperidine rings is 1. The van der Waals surface area contributed by atoms with E-state index in [1.54, 1.807) is 0 Å². The van der Waals surface area contributed by atoms with Crippen molar-refractivity contribution >= 4 is 22.0 Å². The van der Waals surface area contributed by atoms with Crippen molar-refractivity contribution in [3.63, 3.8) is 0 Å². The second kappa shape index (κ2) is 7.53. The Balaban J connectivity index is 1.47. The first-order chi connectivity index (χ1) is 12.2. The molecule has 4 rings (SSSR count). The molecule has 3 nitrogen and oxygen atoms in total. The smallest absolute Gasteiger partial charge is 0.410 e. The van der Waals surface area contributed by atoms with Gasteiger partial charge >= 0.3 is 6.09 Å². The van der Waals surface area contributed by atoms with Crippen LogP contribution in [0.3, 0.4) is 0 Å². The van der Waals surface area contributed by atoms with Crippen molar-refractivity contribution in [2.24, 2.45) is 5.92 Å². The fourth-order valence-corrected chi connectivity index (χ4v) is 5.29. The van der Waals surface area contributed by atoms with E-state index in [0.29, 0.717) is 5.92 Å². The highest BCUT2D eigenvalue weighted by Crippen LogP contribution is 2.39. The molecule has 1 saturated heterocycles. The standard InChI is InChI=1S/C21H26BrNO2/c22-18-11-10-15-12-13-23(19(18)14-15)21(24)25-20-9-5-4-8-17(20)16-6-2-1-3-7-16/h1-3,6-7,11,15,17,19-20H,4-5,8-10,12-14H2/t15-,17-,19+,20+/m0/s1. The predicted octanol–water partition coefficient (Wildman–Crippen LogP) is 5.61. The van der Waals surface area contributed by atoms with Crippen molar-refractivity contribution in [3.8, 4) is 0 Å². The number of allylic oxidation sites excluding steroid dienone is 1. The summed E-state index contributed by atoms with van der Waals surface area (Å²) in [6.07, 6.45) is 9.88. The van der Waals surface area contributed by atoms with Gasteiger partial charge in [-0.05, 0) is 50.0 Å². The molecule has 0 N–H and O–H groups in total. The largest absolute Gasteiger partial charge is 0.445 e. The second-order valence-corrected chi connectivity index (χ2v) is 8.56. The van der Waals surface area contributed by atoms with Gasteiger partial charge in [0.25, 0.3) is 0 Å². The second-order valence-electron chi connectivity index (χ2n) is 7.65. The van der Waals surface area contributed by atoms with E-state index < -0.39 is 0 Å². The highest BCUT2D eigenvalue weighted by atomic mass is 79.9. The Morgan fingerprint density at radius 1 is 1.12 bits per heavy atom. The van der Waals surface area contributed by atoms with Crippen LogP contribution in [0.1, 0.15) is 56.4 Å². The minimum atomic E-state index is -0.122. The summed E-state index contributed by atoms with van der Waals surface area (Å²) >= 11 is 3.67. The summed E-state index contributed by atoms with van der Waals surface area (Å²) in [4.78, 5) is 14.9. The molecular formula is C21H26BrNO2. The third-order valence-corrected chi connectivity index (χ3v) is 6.94. The molecule has 0 aromatic heterocycles. The molecule has 1 saturated carbocycles. The molecule has 0 unspecified atom stereocenters. The Morgan fingerprint density at radius 3 is 2.76 bits per heavy atom. The van der Waals surface area contributed by atoms with E-state index in [-0.39, 0.29) is 18.2 Å². The number of carbonyl (C=O) groups is 1. The zero-order chi connectivity index (χ0) is 17.2. The van der Waals surface area contributed by atoms with Crippen molar-refractivity contribution in [3.05, 3.63) is 46.5 Å². The summed E-state index contributed by atoms with van der Waals surface area (Å²) in [5.41, 5.74) is 1.30. The van der Waals surface area contributed by atoms with Crippen LogP contribution in [0.4, 0.5) is 4.79 Å². The molecule has 2 fully saturated rings. The van der Waals surface area contributed by atoms with Crippen LogP contribution in [-0.2, 0) is 4.74 Å². The van der Waals surface area contributed by atoms with Gasteiger partial charge in [-0.15, -0.1) is 0 Å². The Morgan fingerprint density at radius 2 is 1.92 bits per heavy atom. The zero-order valence-corrected chi connectivity index (χ0v) is 16.2. The number of nitrogens with zero attached hydrogens (tertiary/aromatic N) is 1. The van der Waals surface area contributed by atoms with E-state index in [1.165, 1.54) is 12.0 Å². The summed E-state index contributed by atoms with van der Waals surface area (Å²) in [5, 5.41) is 0. The highest BCUT2D eigenvalue weighted by molar-refractivity contribution is 9.11. The summed E-state index contributed by atoms with van der Waals surface area (Å²) in [5.74, 6) is 1.06. The molecule has 4 heteroatoms. The maximum absolute atomic E-state index is 12.9. The molecule has 0 radical (unpaired) electrons. The van der Waals surface area contributed by atoms with E-state index in [0.717, 1.165) is 55.5 Å². The lowest BCUT2D eigenvalue weighted by Crippen LogP contribution is -2.49. The van der Waals surface area contributed by atoms with Gasteiger partial charge in [-0.2, -0.15) is 0 Å². The Kier molecular flexibility index (Phi) is 5.16. The zero-order valence-electron chi connectivity index (χ0n) is 14.6. The van der Waals surface area contributed by atoms with Crippen LogP contribution >= 0.6 is 15.9 Å². The third kappa shape index (κ3) is 3.64. The van der Waals surface area contributed by atoms with Crippen LogP contribution in [0.2, 0.25) is 0 Å². The molecule has 25 heavy (non-hydrogen) atoms. The number of rotatable bonds is 2. The maximum atomic E-state index is 12.9. The Labute approximate surface area is 158 Å². The molecule has 1 heterocycles. The normalized spacial score (nSPS) is 32.0. The van der Waals surface area contributed by atoms with Gasteiger partial charge in [0, 0.05) is 16.9 Å². The van der Waals surface area contributed by atoms with Crippen molar-refractivity contribution in [1.29, 1.82) is 0 Å². The molecule has 1 aromatic carbocycles. The van der Waals surface area contributed by atoms with Crippen LogP contribution in [-0.4, -0.2) is 29.7 Å². The molecule has 1 aromatic rings. The van der Waals surface area contributed by atoms with E-state index in [1.807, 2.05) is 11.0 Å². The number of fused-ring (bicyclic) bond motifs is 2. The summed E-state index contributed by atoms with van der Waals surface area (Å²) < 4.78 is 7.23.